The van der Waals surface area contributed by atoms with Crippen molar-refractivity contribution in [2.24, 2.45) is 0 Å². The molecule has 1 amide bonds. The summed E-state index contributed by atoms with van der Waals surface area (Å²) in [5, 5.41) is 2.46. The van der Waals surface area contributed by atoms with Gasteiger partial charge in [-0.15, -0.1) is 0 Å². The molecule has 1 aliphatic heterocycles. The minimum Gasteiger partial charge on any atom is -0.322 e. The van der Waals surface area contributed by atoms with Gasteiger partial charge in [0, 0.05) is 11.3 Å². The third kappa shape index (κ3) is 3.71. The van der Waals surface area contributed by atoms with Gasteiger partial charge in [0.05, 0.1) is 5.56 Å². The fourth-order valence-electron chi connectivity index (χ4n) is 2.22. The van der Waals surface area contributed by atoms with Crippen molar-refractivity contribution in [3.8, 4) is 0 Å². The van der Waals surface area contributed by atoms with Crippen LogP contribution in [-0.2, 0) is 6.18 Å². The van der Waals surface area contributed by atoms with Crippen LogP contribution in [0.15, 0.2) is 48.5 Å². The van der Waals surface area contributed by atoms with Crippen LogP contribution in [0, 0.1) is 0 Å². The third-order valence-electron chi connectivity index (χ3n) is 3.45. The predicted octanol–water partition coefficient (Wildman–Crippen LogP) is 2.07. The number of nitrogens with one attached hydrogen (secondary N) is 5. The molecule has 6 nitrogen and oxygen atoms in total. The summed E-state index contributed by atoms with van der Waals surface area (Å²) in [5.41, 5.74) is 11.7. The van der Waals surface area contributed by atoms with E-state index in [4.69, 9.17) is 0 Å². The second kappa shape index (κ2) is 6.57. The molecule has 1 heterocycles. The number of rotatable bonds is 3. The van der Waals surface area contributed by atoms with Gasteiger partial charge < -0.3 is 5.32 Å². The van der Waals surface area contributed by atoms with E-state index in [0.717, 1.165) is 17.7 Å². The van der Waals surface area contributed by atoms with Crippen molar-refractivity contribution < 1.29 is 18.0 Å². The zero-order valence-corrected chi connectivity index (χ0v) is 12.2. The third-order valence-corrected chi connectivity index (χ3v) is 3.45. The van der Waals surface area contributed by atoms with Crippen LogP contribution in [0.25, 0.3) is 0 Å². The highest BCUT2D eigenvalue weighted by Gasteiger charge is 2.30. The molecular formula is C15H14F3N5O. The zero-order chi connectivity index (χ0) is 17.2. The Kier molecular flexibility index (Phi) is 4.49. The van der Waals surface area contributed by atoms with Gasteiger partial charge in [-0.2, -0.15) is 24.2 Å². The van der Waals surface area contributed by atoms with Crippen molar-refractivity contribution in [1.82, 2.24) is 21.9 Å². The van der Waals surface area contributed by atoms with E-state index in [1.165, 1.54) is 12.1 Å². The quantitative estimate of drug-likeness (QED) is 0.593. The molecule has 126 valence electrons. The molecule has 2 aromatic rings. The van der Waals surface area contributed by atoms with Gasteiger partial charge in [0.25, 0.3) is 5.91 Å². The molecule has 0 aromatic heterocycles. The Labute approximate surface area is 135 Å². The number of benzene rings is 2. The molecule has 0 saturated carbocycles. The molecule has 2 aromatic carbocycles. The highest BCUT2D eigenvalue weighted by atomic mass is 19.4. The van der Waals surface area contributed by atoms with E-state index in [-0.39, 0.29) is 11.9 Å². The van der Waals surface area contributed by atoms with Crippen LogP contribution in [0.1, 0.15) is 27.7 Å². The molecule has 0 aliphatic carbocycles. The number of carbonyl (C=O) groups excluding carboxylic acids is 1. The van der Waals surface area contributed by atoms with E-state index in [1.54, 1.807) is 24.3 Å². The lowest BCUT2D eigenvalue weighted by molar-refractivity contribution is -0.137. The van der Waals surface area contributed by atoms with E-state index >= 15 is 0 Å². The van der Waals surface area contributed by atoms with Gasteiger partial charge in [-0.1, -0.05) is 18.2 Å². The minimum atomic E-state index is -4.45. The summed E-state index contributed by atoms with van der Waals surface area (Å²) in [7, 11) is 0. The molecule has 24 heavy (non-hydrogen) atoms. The average Bonchev–Trinajstić information content (AvgIpc) is 3.09. The molecule has 0 bridgehead atoms. The smallest absolute Gasteiger partial charge is 0.322 e. The first-order valence-electron chi connectivity index (χ1n) is 7.03. The number of amides is 1. The summed E-state index contributed by atoms with van der Waals surface area (Å²) in [5.74, 6) is -0.482. The predicted molar refractivity (Wildman–Crippen MR) is 81.1 cm³/mol. The van der Waals surface area contributed by atoms with Crippen LogP contribution in [0.4, 0.5) is 18.9 Å². The van der Waals surface area contributed by atoms with Crippen molar-refractivity contribution in [2.45, 2.75) is 12.3 Å². The molecule has 9 heteroatoms. The Bertz CT molecular complexity index is 727. The lowest BCUT2D eigenvalue weighted by Gasteiger charge is -2.11. The van der Waals surface area contributed by atoms with Crippen LogP contribution in [-0.4, -0.2) is 5.91 Å². The number of alkyl halides is 3. The summed E-state index contributed by atoms with van der Waals surface area (Å²) in [6.45, 7) is 0. The minimum absolute atomic E-state index is 0.0893. The standard InChI is InChI=1S/C15H14F3N5O/c16-15(17,18)11-2-1-3-12(8-11)19-14(24)10-6-4-9(5-7-10)13-20-22-23-21-13/h1-8,13,20-23H,(H,19,24). The Morgan fingerprint density at radius 3 is 2.29 bits per heavy atom. The Hall–Kier alpha value is -2.46. The van der Waals surface area contributed by atoms with Crippen molar-refractivity contribution >= 4 is 11.6 Å². The lowest BCUT2D eigenvalue weighted by Crippen LogP contribution is -2.33. The summed E-state index contributed by atoms with van der Waals surface area (Å²) in [4.78, 5) is 12.2. The normalized spacial score (nSPS) is 15.5. The molecule has 0 unspecified atom stereocenters. The molecule has 0 radical (unpaired) electrons. The van der Waals surface area contributed by atoms with Gasteiger partial charge in [0.1, 0.15) is 6.17 Å². The van der Waals surface area contributed by atoms with E-state index < -0.39 is 17.6 Å². The van der Waals surface area contributed by atoms with Gasteiger partial charge in [-0.25, -0.2) is 10.9 Å². The van der Waals surface area contributed by atoms with E-state index in [1.807, 2.05) is 0 Å². The first-order chi connectivity index (χ1) is 11.4. The van der Waals surface area contributed by atoms with Crippen LogP contribution in [0.3, 0.4) is 0 Å². The van der Waals surface area contributed by atoms with Crippen molar-refractivity contribution in [3.05, 3.63) is 65.2 Å². The van der Waals surface area contributed by atoms with Gasteiger partial charge >= 0.3 is 6.18 Å². The first-order valence-corrected chi connectivity index (χ1v) is 7.03. The largest absolute Gasteiger partial charge is 0.416 e. The molecule has 1 fully saturated rings. The topological polar surface area (TPSA) is 77.2 Å². The maximum atomic E-state index is 12.7. The molecule has 5 N–H and O–H groups in total. The van der Waals surface area contributed by atoms with E-state index in [2.05, 4.69) is 27.2 Å². The number of halogens is 3. The van der Waals surface area contributed by atoms with Crippen molar-refractivity contribution in [1.29, 1.82) is 0 Å². The van der Waals surface area contributed by atoms with E-state index in [9.17, 15) is 18.0 Å². The van der Waals surface area contributed by atoms with E-state index in [0.29, 0.717) is 5.56 Å². The zero-order valence-electron chi connectivity index (χ0n) is 12.2. The lowest BCUT2D eigenvalue weighted by atomic mass is 10.1. The number of hydrazine groups is 3. The average molecular weight is 337 g/mol. The van der Waals surface area contributed by atoms with Crippen LogP contribution in [0.5, 0.6) is 0 Å². The maximum Gasteiger partial charge on any atom is 0.416 e. The Morgan fingerprint density at radius 2 is 1.67 bits per heavy atom. The van der Waals surface area contributed by atoms with Crippen LogP contribution < -0.4 is 27.2 Å². The summed E-state index contributed by atoms with van der Waals surface area (Å²) < 4.78 is 38.1. The molecular weight excluding hydrogens is 323 g/mol. The second-order valence-electron chi connectivity index (χ2n) is 5.13. The molecule has 1 saturated heterocycles. The Morgan fingerprint density at radius 1 is 1.00 bits per heavy atom. The van der Waals surface area contributed by atoms with Gasteiger partial charge in [0.2, 0.25) is 0 Å². The highest BCUT2D eigenvalue weighted by molar-refractivity contribution is 6.04. The fourth-order valence-corrected chi connectivity index (χ4v) is 2.22. The molecule has 0 spiro atoms. The number of hydrogen-bond donors (Lipinski definition) is 5. The van der Waals surface area contributed by atoms with Gasteiger partial charge in [-0.05, 0) is 35.9 Å². The molecule has 3 rings (SSSR count). The summed E-state index contributed by atoms with van der Waals surface area (Å²) >= 11 is 0. The van der Waals surface area contributed by atoms with Gasteiger partial charge in [-0.3, -0.25) is 4.79 Å². The summed E-state index contributed by atoms with van der Waals surface area (Å²) in [6, 6.07) is 11.2. The SMILES string of the molecule is O=C(Nc1cccc(C(F)(F)F)c1)c1ccc(C2NNNN2)cc1. The van der Waals surface area contributed by atoms with Crippen LogP contribution in [0.2, 0.25) is 0 Å². The fraction of sp³-hybridized carbons (Fsp3) is 0.133. The first kappa shape index (κ1) is 16.4. The summed E-state index contributed by atoms with van der Waals surface area (Å²) in [6.07, 6.45) is -4.61. The van der Waals surface area contributed by atoms with Crippen LogP contribution >= 0.6 is 0 Å². The molecule has 0 atom stereocenters. The van der Waals surface area contributed by atoms with Gasteiger partial charge in [0.15, 0.2) is 0 Å². The number of carbonyl (C=O) groups is 1. The second-order valence-corrected chi connectivity index (χ2v) is 5.13. The number of anilines is 1. The highest BCUT2D eigenvalue weighted by Crippen LogP contribution is 2.30. The number of hydrogen-bond acceptors (Lipinski definition) is 5. The monoisotopic (exact) mass is 337 g/mol. The maximum absolute atomic E-state index is 12.7. The Balaban J connectivity index is 1.70. The van der Waals surface area contributed by atoms with Crippen molar-refractivity contribution in [3.63, 3.8) is 0 Å². The molecule has 1 aliphatic rings. The van der Waals surface area contributed by atoms with Crippen molar-refractivity contribution in [2.75, 3.05) is 5.32 Å².